The molecule has 1 fully saturated rings. The molecule has 1 heterocycles. The van der Waals surface area contributed by atoms with Crippen molar-refractivity contribution in [2.45, 2.75) is 52.4 Å². The molecule has 1 saturated carbocycles. The first kappa shape index (κ1) is 23.9. The molecule has 2 atom stereocenters. The fourth-order valence-electron chi connectivity index (χ4n) is 5.20. The van der Waals surface area contributed by atoms with Crippen LogP contribution in [0.25, 0.3) is 11.0 Å². The number of alkyl halides is 3. The van der Waals surface area contributed by atoms with Crippen molar-refractivity contribution in [1.29, 1.82) is 0 Å². The highest BCUT2D eigenvalue weighted by molar-refractivity contribution is 5.97. The van der Waals surface area contributed by atoms with Gasteiger partial charge in [-0.25, -0.2) is 4.98 Å². The van der Waals surface area contributed by atoms with Crippen molar-refractivity contribution in [1.82, 2.24) is 14.9 Å². The van der Waals surface area contributed by atoms with Gasteiger partial charge >= 0.3 is 6.36 Å². The lowest BCUT2D eigenvalue weighted by molar-refractivity contribution is -0.274. The number of hydrogen-bond donors (Lipinski definition) is 2. The van der Waals surface area contributed by atoms with Crippen molar-refractivity contribution >= 4 is 28.6 Å². The molecule has 0 saturated heterocycles. The second-order valence-electron chi connectivity index (χ2n) is 9.85. The van der Waals surface area contributed by atoms with Crippen molar-refractivity contribution in [2.75, 3.05) is 12.4 Å². The van der Waals surface area contributed by atoms with Crippen LogP contribution in [0.15, 0.2) is 42.5 Å². The van der Waals surface area contributed by atoms with Crippen LogP contribution in [0.1, 0.15) is 56.4 Å². The molecule has 182 valence electrons. The van der Waals surface area contributed by atoms with E-state index in [0.29, 0.717) is 23.1 Å². The zero-order chi connectivity index (χ0) is 24.7. The topological polar surface area (TPSA) is 68.2 Å². The molecule has 1 aromatic heterocycles. The van der Waals surface area contributed by atoms with Crippen LogP contribution in [0.2, 0.25) is 0 Å². The minimum Gasteiger partial charge on any atom is -0.406 e. The van der Waals surface area contributed by atoms with Gasteiger partial charge in [-0.3, -0.25) is 4.79 Å². The molecule has 1 amide bonds. The van der Waals surface area contributed by atoms with Crippen LogP contribution in [0.4, 0.5) is 24.8 Å². The van der Waals surface area contributed by atoms with Gasteiger partial charge in [0.25, 0.3) is 5.91 Å². The van der Waals surface area contributed by atoms with Crippen LogP contribution >= 0.6 is 0 Å². The van der Waals surface area contributed by atoms with Gasteiger partial charge in [0.1, 0.15) is 5.75 Å². The molecule has 9 heteroatoms. The van der Waals surface area contributed by atoms with Crippen LogP contribution in [-0.2, 0) is 0 Å². The number of nitrogens with one attached hydrogen (secondary N) is 2. The van der Waals surface area contributed by atoms with Crippen LogP contribution in [0.3, 0.4) is 0 Å². The maximum atomic E-state index is 12.5. The summed E-state index contributed by atoms with van der Waals surface area (Å²) in [5, 5.41) is 5.93. The molecule has 2 aromatic carbocycles. The summed E-state index contributed by atoms with van der Waals surface area (Å²) in [4.78, 5) is 17.1. The average Bonchev–Trinajstić information content (AvgIpc) is 3.09. The number of anilines is 2. The first-order valence-electron chi connectivity index (χ1n) is 11.3. The number of fused-ring (bicyclic) bond motifs is 1. The van der Waals surface area contributed by atoms with Gasteiger partial charge in [-0.2, -0.15) is 0 Å². The highest BCUT2D eigenvalue weighted by atomic mass is 19.4. The Morgan fingerprint density at radius 2 is 1.85 bits per heavy atom. The number of rotatable bonds is 5. The van der Waals surface area contributed by atoms with Crippen LogP contribution in [0.5, 0.6) is 5.75 Å². The molecule has 0 aliphatic heterocycles. The molecule has 0 unspecified atom stereocenters. The van der Waals surface area contributed by atoms with Gasteiger partial charge in [-0.05, 0) is 73.1 Å². The summed E-state index contributed by atoms with van der Waals surface area (Å²) in [5.41, 5.74) is 2.85. The second kappa shape index (κ2) is 8.85. The maximum absolute atomic E-state index is 12.5. The number of benzene rings is 2. The molecule has 4 rings (SSSR count). The lowest BCUT2D eigenvalue weighted by Crippen LogP contribution is -2.29. The highest BCUT2D eigenvalue weighted by Gasteiger charge is 2.35. The van der Waals surface area contributed by atoms with E-state index in [-0.39, 0.29) is 23.1 Å². The van der Waals surface area contributed by atoms with E-state index in [9.17, 15) is 18.0 Å². The Bertz CT molecular complexity index is 1190. The Morgan fingerprint density at radius 1 is 1.15 bits per heavy atom. The molecular formula is C25H29F3N4O2. The van der Waals surface area contributed by atoms with E-state index in [0.717, 1.165) is 30.3 Å². The summed E-state index contributed by atoms with van der Waals surface area (Å²) < 4.78 is 43.6. The first-order chi connectivity index (χ1) is 15.9. The van der Waals surface area contributed by atoms with Crippen molar-refractivity contribution < 1.29 is 22.7 Å². The minimum absolute atomic E-state index is 0.144. The van der Waals surface area contributed by atoms with Crippen molar-refractivity contribution in [3.63, 3.8) is 0 Å². The van der Waals surface area contributed by atoms with E-state index < -0.39 is 6.36 Å². The third-order valence-electron chi connectivity index (χ3n) is 6.25. The largest absolute Gasteiger partial charge is 0.573 e. The lowest BCUT2D eigenvalue weighted by atomic mass is 9.70. The van der Waals surface area contributed by atoms with Gasteiger partial charge in [0, 0.05) is 24.3 Å². The molecule has 1 aliphatic carbocycles. The summed E-state index contributed by atoms with van der Waals surface area (Å²) in [6, 6.07) is 11.1. The van der Waals surface area contributed by atoms with Gasteiger partial charge in [0.05, 0.1) is 11.0 Å². The van der Waals surface area contributed by atoms with Gasteiger partial charge in [-0.1, -0.05) is 20.8 Å². The quantitative estimate of drug-likeness (QED) is 0.447. The number of halogens is 3. The summed E-state index contributed by atoms with van der Waals surface area (Å²) in [5.74, 6) is 0.634. The Morgan fingerprint density at radius 3 is 2.47 bits per heavy atom. The summed E-state index contributed by atoms with van der Waals surface area (Å²) in [6.07, 6.45) is -1.70. The molecular weight excluding hydrogens is 445 g/mol. The SMILES string of the molecule is CNC(=O)c1ccc2nc(Nc3ccc(OC(F)(F)F)cc3)n([C@@H]3C[C@H](C)CC(C)(C)C3)c2c1. The Balaban J connectivity index is 1.75. The van der Waals surface area contributed by atoms with Gasteiger partial charge in [0.2, 0.25) is 5.95 Å². The third kappa shape index (κ3) is 5.29. The third-order valence-corrected chi connectivity index (χ3v) is 6.25. The predicted octanol–water partition coefficient (Wildman–Crippen LogP) is 6.43. The fourth-order valence-corrected chi connectivity index (χ4v) is 5.20. The zero-order valence-corrected chi connectivity index (χ0v) is 19.7. The molecule has 3 aromatic rings. The monoisotopic (exact) mass is 474 g/mol. The number of aromatic nitrogens is 2. The van der Waals surface area contributed by atoms with Crippen molar-refractivity contribution in [3.05, 3.63) is 48.0 Å². The van der Waals surface area contributed by atoms with Crippen LogP contribution < -0.4 is 15.4 Å². The molecule has 2 N–H and O–H groups in total. The van der Waals surface area contributed by atoms with Gasteiger partial charge in [0.15, 0.2) is 0 Å². The number of ether oxygens (including phenoxy) is 1. The van der Waals surface area contributed by atoms with Crippen LogP contribution in [0, 0.1) is 11.3 Å². The van der Waals surface area contributed by atoms with E-state index in [4.69, 9.17) is 4.98 Å². The molecule has 0 radical (unpaired) electrons. The standard InChI is InChI=1S/C25H29F3N4O2/c1-15-11-18(14-24(2,3)13-15)32-21-12-16(22(33)29-4)5-10-20(21)31-23(32)30-17-6-8-19(9-7-17)34-25(26,27)28/h5-10,12,15,18H,11,13-14H2,1-4H3,(H,29,33)(H,30,31)/t15-,18+/m0/s1. The van der Waals surface area contributed by atoms with E-state index in [2.05, 4.69) is 40.7 Å². The average molecular weight is 475 g/mol. The Labute approximate surface area is 196 Å². The van der Waals surface area contributed by atoms with E-state index in [1.807, 2.05) is 12.1 Å². The molecule has 0 spiro atoms. The number of imidazole rings is 1. The Hall–Kier alpha value is -3.23. The number of hydrogen-bond acceptors (Lipinski definition) is 4. The lowest BCUT2D eigenvalue weighted by Gasteiger charge is -2.40. The molecule has 0 bridgehead atoms. The number of amides is 1. The molecule has 1 aliphatic rings. The molecule has 6 nitrogen and oxygen atoms in total. The van der Waals surface area contributed by atoms with E-state index >= 15 is 0 Å². The Kier molecular flexibility index (Phi) is 6.22. The predicted molar refractivity (Wildman–Crippen MR) is 125 cm³/mol. The fraction of sp³-hybridized carbons (Fsp3) is 0.440. The van der Waals surface area contributed by atoms with Crippen LogP contribution in [-0.4, -0.2) is 28.9 Å². The second-order valence-corrected chi connectivity index (χ2v) is 9.85. The normalized spacial score (nSPS) is 20.2. The van der Waals surface area contributed by atoms with Gasteiger partial charge in [-0.15, -0.1) is 13.2 Å². The van der Waals surface area contributed by atoms with E-state index in [1.165, 1.54) is 24.3 Å². The molecule has 34 heavy (non-hydrogen) atoms. The van der Waals surface area contributed by atoms with Gasteiger partial charge < -0.3 is 19.9 Å². The van der Waals surface area contributed by atoms with E-state index in [1.54, 1.807) is 13.1 Å². The minimum atomic E-state index is -4.74. The number of carbonyl (C=O) groups excluding carboxylic acids is 1. The zero-order valence-electron chi connectivity index (χ0n) is 19.7. The maximum Gasteiger partial charge on any atom is 0.573 e. The summed E-state index contributed by atoms with van der Waals surface area (Å²) in [7, 11) is 1.59. The van der Waals surface area contributed by atoms with Crippen molar-refractivity contribution in [3.8, 4) is 5.75 Å². The summed E-state index contributed by atoms with van der Waals surface area (Å²) >= 11 is 0. The number of carbonyl (C=O) groups is 1. The smallest absolute Gasteiger partial charge is 0.406 e. The van der Waals surface area contributed by atoms with Crippen molar-refractivity contribution in [2.24, 2.45) is 11.3 Å². The highest BCUT2D eigenvalue weighted by Crippen LogP contribution is 2.46. The number of nitrogens with zero attached hydrogens (tertiary/aromatic N) is 2. The summed E-state index contributed by atoms with van der Waals surface area (Å²) in [6.45, 7) is 6.77. The first-order valence-corrected chi connectivity index (χ1v) is 11.3.